The van der Waals surface area contributed by atoms with Gasteiger partial charge in [-0.1, -0.05) is 30.9 Å². The topological polar surface area (TPSA) is 26.0 Å². The Morgan fingerprint density at radius 1 is 1.55 bits per heavy atom. The first-order valence-electron chi connectivity index (χ1n) is 4.59. The van der Waals surface area contributed by atoms with Gasteiger partial charge in [-0.15, -0.1) is 0 Å². The first kappa shape index (κ1) is 8.79. The van der Waals surface area contributed by atoms with E-state index in [1.165, 1.54) is 31.3 Å². The van der Waals surface area contributed by atoms with Crippen molar-refractivity contribution in [1.29, 1.82) is 0 Å². The molecule has 1 unspecified atom stereocenters. The maximum atomic E-state index is 5.91. The van der Waals surface area contributed by atoms with E-state index < -0.39 is 0 Å². The van der Waals surface area contributed by atoms with E-state index in [9.17, 15) is 0 Å². The van der Waals surface area contributed by atoms with E-state index in [2.05, 4.69) is 19.9 Å². The lowest BCUT2D eigenvalue weighted by atomic mass is 9.81. The second-order valence-electron chi connectivity index (χ2n) is 3.94. The lowest BCUT2D eigenvalue weighted by Crippen LogP contribution is -2.24. The van der Waals surface area contributed by atoms with Gasteiger partial charge in [0, 0.05) is 6.04 Å². The molecule has 0 saturated heterocycles. The number of allylic oxidation sites excluding steroid dienone is 1. The fourth-order valence-corrected chi connectivity index (χ4v) is 1.61. The van der Waals surface area contributed by atoms with Crippen molar-refractivity contribution in [1.82, 2.24) is 0 Å². The van der Waals surface area contributed by atoms with Crippen molar-refractivity contribution in [3.05, 3.63) is 11.6 Å². The molecule has 1 aliphatic rings. The molecule has 1 rings (SSSR count). The minimum absolute atomic E-state index is 0.310. The fraction of sp³-hybridized carbons (Fsp3) is 0.800. The molecule has 11 heavy (non-hydrogen) atoms. The Bertz CT molecular complexity index is 141. The fourth-order valence-electron chi connectivity index (χ4n) is 1.61. The molecule has 0 aliphatic heterocycles. The summed E-state index contributed by atoms with van der Waals surface area (Å²) in [5, 5.41) is 0. The van der Waals surface area contributed by atoms with Gasteiger partial charge in [-0.3, -0.25) is 0 Å². The zero-order chi connectivity index (χ0) is 8.27. The summed E-state index contributed by atoms with van der Waals surface area (Å²) >= 11 is 0. The summed E-state index contributed by atoms with van der Waals surface area (Å²) < 4.78 is 0. The second-order valence-corrected chi connectivity index (χ2v) is 3.94. The Balaban J connectivity index is 2.19. The van der Waals surface area contributed by atoms with Crippen molar-refractivity contribution in [2.45, 2.75) is 45.6 Å². The highest BCUT2D eigenvalue weighted by Crippen LogP contribution is 2.30. The first-order valence-corrected chi connectivity index (χ1v) is 4.59. The zero-order valence-corrected chi connectivity index (χ0v) is 7.64. The van der Waals surface area contributed by atoms with Crippen molar-refractivity contribution in [2.75, 3.05) is 0 Å². The van der Waals surface area contributed by atoms with Gasteiger partial charge in [0.25, 0.3) is 0 Å². The predicted molar refractivity (Wildman–Crippen MR) is 49.4 cm³/mol. The smallest absolute Gasteiger partial charge is 0.0228 e. The van der Waals surface area contributed by atoms with Crippen LogP contribution < -0.4 is 5.73 Å². The van der Waals surface area contributed by atoms with Crippen LogP contribution in [0.15, 0.2) is 11.6 Å². The van der Waals surface area contributed by atoms with Gasteiger partial charge in [-0.05, 0) is 26.2 Å². The highest BCUT2D eigenvalue weighted by molar-refractivity contribution is 5.00. The summed E-state index contributed by atoms with van der Waals surface area (Å²) in [4.78, 5) is 0. The van der Waals surface area contributed by atoms with Crippen LogP contribution in [0.25, 0.3) is 0 Å². The first-order chi connectivity index (χ1) is 5.18. The van der Waals surface area contributed by atoms with Gasteiger partial charge in [0.1, 0.15) is 0 Å². The molecule has 1 aliphatic carbocycles. The minimum atomic E-state index is 0.310. The van der Waals surface area contributed by atoms with Crippen molar-refractivity contribution < 1.29 is 0 Å². The van der Waals surface area contributed by atoms with Gasteiger partial charge in [-0.25, -0.2) is 0 Å². The van der Waals surface area contributed by atoms with Crippen molar-refractivity contribution in [2.24, 2.45) is 11.7 Å². The van der Waals surface area contributed by atoms with E-state index in [1.807, 2.05) is 0 Å². The molecule has 1 saturated carbocycles. The van der Waals surface area contributed by atoms with Crippen LogP contribution in [0, 0.1) is 5.92 Å². The minimum Gasteiger partial charge on any atom is -0.324 e. The molecule has 1 nitrogen and oxygen atoms in total. The summed E-state index contributed by atoms with van der Waals surface area (Å²) in [5.74, 6) is 0.931. The Morgan fingerprint density at radius 2 is 2.18 bits per heavy atom. The van der Waals surface area contributed by atoms with Gasteiger partial charge in [0.2, 0.25) is 0 Å². The Labute approximate surface area is 69.7 Å². The molecule has 0 aromatic carbocycles. The quantitative estimate of drug-likeness (QED) is 0.619. The summed E-state index contributed by atoms with van der Waals surface area (Å²) in [6.07, 6.45) is 7.62. The highest BCUT2D eigenvalue weighted by Gasteiger charge is 2.18. The molecule has 0 bridgehead atoms. The van der Waals surface area contributed by atoms with E-state index >= 15 is 0 Å². The molecule has 0 spiro atoms. The third kappa shape index (κ3) is 3.06. The van der Waals surface area contributed by atoms with Crippen molar-refractivity contribution in [3.8, 4) is 0 Å². The van der Waals surface area contributed by atoms with Crippen LogP contribution >= 0.6 is 0 Å². The second kappa shape index (κ2) is 3.91. The van der Waals surface area contributed by atoms with Gasteiger partial charge in [-0.2, -0.15) is 0 Å². The molecular formula is C10H19N. The van der Waals surface area contributed by atoms with E-state index in [1.54, 1.807) is 0 Å². The third-order valence-electron chi connectivity index (χ3n) is 2.38. The SMILES string of the molecule is CC(C)=CC(N)CC1CCC1. The highest BCUT2D eigenvalue weighted by atomic mass is 14.6. The van der Waals surface area contributed by atoms with Crippen LogP contribution in [0.1, 0.15) is 39.5 Å². The Hall–Kier alpha value is -0.300. The normalized spacial score (nSPS) is 20.6. The Morgan fingerprint density at radius 3 is 2.55 bits per heavy atom. The number of hydrogen-bond donors (Lipinski definition) is 1. The molecule has 64 valence electrons. The monoisotopic (exact) mass is 153 g/mol. The van der Waals surface area contributed by atoms with Gasteiger partial charge >= 0.3 is 0 Å². The molecule has 0 aromatic rings. The molecule has 1 atom stereocenters. The predicted octanol–water partition coefficient (Wildman–Crippen LogP) is 2.47. The maximum absolute atomic E-state index is 5.91. The van der Waals surface area contributed by atoms with Gasteiger partial charge < -0.3 is 5.73 Å². The van der Waals surface area contributed by atoms with Gasteiger partial charge in [0.15, 0.2) is 0 Å². The van der Waals surface area contributed by atoms with Gasteiger partial charge in [0.05, 0.1) is 0 Å². The van der Waals surface area contributed by atoms with E-state index in [0.29, 0.717) is 6.04 Å². The number of nitrogens with two attached hydrogens (primary N) is 1. The molecule has 0 aromatic heterocycles. The van der Waals surface area contributed by atoms with Crippen LogP contribution in [-0.4, -0.2) is 6.04 Å². The van der Waals surface area contributed by atoms with Crippen LogP contribution in [0.3, 0.4) is 0 Å². The lowest BCUT2D eigenvalue weighted by Gasteiger charge is -2.27. The Kier molecular flexibility index (Phi) is 3.13. The van der Waals surface area contributed by atoms with Crippen LogP contribution in [-0.2, 0) is 0 Å². The van der Waals surface area contributed by atoms with E-state index in [4.69, 9.17) is 5.73 Å². The molecule has 0 amide bonds. The molecule has 1 fully saturated rings. The summed E-state index contributed by atoms with van der Waals surface area (Å²) in [7, 11) is 0. The zero-order valence-electron chi connectivity index (χ0n) is 7.64. The average Bonchev–Trinajstić information content (AvgIpc) is 1.77. The van der Waals surface area contributed by atoms with Crippen LogP contribution in [0.4, 0.5) is 0 Å². The van der Waals surface area contributed by atoms with Crippen molar-refractivity contribution in [3.63, 3.8) is 0 Å². The third-order valence-corrected chi connectivity index (χ3v) is 2.38. The van der Waals surface area contributed by atoms with Crippen LogP contribution in [0.2, 0.25) is 0 Å². The summed E-state index contributed by atoms with van der Waals surface area (Å²) in [6.45, 7) is 4.22. The lowest BCUT2D eigenvalue weighted by molar-refractivity contribution is 0.287. The van der Waals surface area contributed by atoms with E-state index in [-0.39, 0.29) is 0 Å². The average molecular weight is 153 g/mol. The van der Waals surface area contributed by atoms with E-state index in [0.717, 1.165) is 5.92 Å². The van der Waals surface area contributed by atoms with Crippen molar-refractivity contribution >= 4 is 0 Å². The number of rotatable bonds is 3. The summed E-state index contributed by atoms with van der Waals surface area (Å²) in [5.41, 5.74) is 7.25. The molecule has 0 heterocycles. The maximum Gasteiger partial charge on any atom is 0.0228 e. The largest absolute Gasteiger partial charge is 0.324 e. The summed E-state index contributed by atoms with van der Waals surface area (Å²) in [6, 6.07) is 0.310. The molecular weight excluding hydrogens is 134 g/mol. The molecule has 1 heteroatoms. The number of hydrogen-bond acceptors (Lipinski definition) is 1. The standard InChI is InChI=1S/C10H19N/c1-8(2)6-10(11)7-9-4-3-5-9/h6,9-10H,3-5,7,11H2,1-2H3. The molecule has 2 N–H and O–H groups in total. The molecule has 0 radical (unpaired) electrons. The van der Waals surface area contributed by atoms with Crippen LogP contribution in [0.5, 0.6) is 0 Å².